The maximum absolute atomic E-state index is 13.9. The van der Waals surface area contributed by atoms with E-state index in [4.69, 9.17) is 4.74 Å². The molecule has 0 aliphatic carbocycles. The number of carbonyl (C=O) groups is 1. The van der Waals surface area contributed by atoms with Gasteiger partial charge in [-0.3, -0.25) is 9.59 Å². The van der Waals surface area contributed by atoms with E-state index in [-0.39, 0.29) is 23.9 Å². The molecule has 0 bridgehead atoms. The molecule has 0 spiro atoms. The topological polar surface area (TPSA) is 54.8 Å². The molecule has 0 saturated carbocycles. The van der Waals surface area contributed by atoms with Gasteiger partial charge in [-0.05, 0) is 31.6 Å². The molecule has 0 aliphatic rings. The third-order valence-corrected chi connectivity index (χ3v) is 7.81. The van der Waals surface area contributed by atoms with E-state index in [1.54, 1.807) is 9.47 Å². The molecule has 2 aromatic heterocycles. The molecule has 6 nitrogen and oxygen atoms in total. The van der Waals surface area contributed by atoms with Crippen molar-refractivity contribution in [3.8, 4) is 5.75 Å². The fourth-order valence-electron chi connectivity index (χ4n) is 4.42. The monoisotopic (exact) mass is 527 g/mol. The molecule has 36 heavy (non-hydrogen) atoms. The quantitative estimate of drug-likeness (QED) is 0.292. The number of rotatable bonds is 9. The van der Waals surface area contributed by atoms with Crippen LogP contribution in [0.25, 0.3) is 21.0 Å². The number of fused-ring (bicyclic) bond motifs is 3. The summed E-state index contributed by atoms with van der Waals surface area (Å²) < 4.78 is 8.31. The van der Waals surface area contributed by atoms with Gasteiger partial charge in [0, 0.05) is 25.5 Å². The summed E-state index contributed by atoms with van der Waals surface area (Å²) in [7, 11) is 3.34. The van der Waals surface area contributed by atoms with Crippen LogP contribution < -0.4 is 10.3 Å². The molecule has 1 amide bonds. The van der Waals surface area contributed by atoms with Gasteiger partial charge in [0.1, 0.15) is 10.3 Å². The first-order valence-electron chi connectivity index (χ1n) is 12.0. The zero-order chi connectivity index (χ0) is 25.1. The largest absolute Gasteiger partial charge is 0.494 e. The fourth-order valence-corrected chi connectivity index (χ4v) is 5.71. The molecule has 0 radical (unpaired) electrons. The van der Waals surface area contributed by atoms with Crippen LogP contribution in [0.4, 0.5) is 0 Å². The first-order chi connectivity index (χ1) is 16.9. The van der Waals surface area contributed by atoms with Crippen molar-refractivity contribution >= 4 is 50.6 Å². The third kappa shape index (κ3) is 5.28. The van der Waals surface area contributed by atoms with Crippen LogP contribution in [0.1, 0.15) is 34.6 Å². The fraction of sp³-hybridized carbons (Fsp3) is 0.357. The third-order valence-electron chi connectivity index (χ3n) is 6.62. The molecule has 192 valence electrons. The average molecular weight is 528 g/mol. The lowest BCUT2D eigenvalue weighted by Crippen LogP contribution is -2.36. The van der Waals surface area contributed by atoms with E-state index in [9.17, 15) is 9.59 Å². The van der Waals surface area contributed by atoms with E-state index < -0.39 is 0 Å². The number of amides is 1. The Morgan fingerprint density at radius 3 is 2.33 bits per heavy atom. The van der Waals surface area contributed by atoms with Crippen LogP contribution in [0.2, 0.25) is 0 Å². The van der Waals surface area contributed by atoms with Crippen LogP contribution in [-0.2, 0) is 6.54 Å². The molecule has 0 N–H and O–H groups in total. The molecule has 8 heteroatoms. The van der Waals surface area contributed by atoms with Crippen molar-refractivity contribution in [2.75, 3.05) is 40.3 Å². The first kappa shape index (κ1) is 27.7. The Kier molecular flexibility index (Phi) is 9.17. The van der Waals surface area contributed by atoms with Gasteiger partial charge in [-0.1, -0.05) is 61.9 Å². The Balaban J connectivity index is 0.00000361. The molecule has 0 atom stereocenters. The molecule has 4 aromatic rings. The maximum Gasteiger partial charge on any atom is 0.267 e. The molecule has 2 heterocycles. The molecular weight excluding hydrogens is 494 g/mol. The van der Waals surface area contributed by atoms with Crippen molar-refractivity contribution < 1.29 is 9.53 Å². The van der Waals surface area contributed by atoms with Crippen molar-refractivity contribution in [1.29, 1.82) is 0 Å². The van der Waals surface area contributed by atoms with Crippen LogP contribution in [0.15, 0.2) is 53.3 Å². The zero-order valence-corrected chi connectivity index (χ0v) is 23.2. The summed E-state index contributed by atoms with van der Waals surface area (Å²) in [6.45, 7) is 10.0. The minimum absolute atomic E-state index is 0. The standard InChI is InChI=1S/C28H33N3O3S.ClH/c1-6-30(7-2)17-16-29(4)28(33)26-24(34-5)23-25(35-26)21-10-8-9-11-22(21)31(27(23)32)18-20-14-12-19(3)13-15-20;/h8-15H,6-7,16-18H2,1-5H3;1H. The highest BCUT2D eigenvalue weighted by atomic mass is 35.5. The van der Waals surface area contributed by atoms with Gasteiger partial charge in [-0.15, -0.1) is 23.7 Å². The summed E-state index contributed by atoms with van der Waals surface area (Å²) in [5.41, 5.74) is 2.93. The molecule has 2 aromatic carbocycles. The van der Waals surface area contributed by atoms with E-state index in [2.05, 4.69) is 30.9 Å². The van der Waals surface area contributed by atoms with Gasteiger partial charge in [0.05, 0.1) is 23.9 Å². The Hall–Kier alpha value is -2.87. The van der Waals surface area contributed by atoms with E-state index >= 15 is 0 Å². The second-order valence-electron chi connectivity index (χ2n) is 8.82. The number of hydrogen-bond donors (Lipinski definition) is 0. The van der Waals surface area contributed by atoms with Crippen LogP contribution in [0.3, 0.4) is 0 Å². The molecule has 4 rings (SSSR count). The number of para-hydroxylation sites is 1. The highest BCUT2D eigenvalue weighted by molar-refractivity contribution is 7.22. The van der Waals surface area contributed by atoms with E-state index in [0.29, 0.717) is 29.1 Å². The van der Waals surface area contributed by atoms with Crippen LogP contribution in [0.5, 0.6) is 5.75 Å². The SMILES string of the molecule is CCN(CC)CCN(C)C(=O)c1sc2c(c1OC)c(=O)n(Cc1ccc(C)cc1)c1ccccc21.Cl. The maximum atomic E-state index is 13.9. The lowest BCUT2D eigenvalue weighted by Gasteiger charge is -2.23. The lowest BCUT2D eigenvalue weighted by molar-refractivity contribution is 0.0781. The number of benzene rings is 2. The van der Waals surface area contributed by atoms with Gasteiger partial charge in [-0.25, -0.2) is 0 Å². The van der Waals surface area contributed by atoms with Crippen molar-refractivity contribution in [2.45, 2.75) is 27.3 Å². The number of methoxy groups -OCH3 is 1. The van der Waals surface area contributed by atoms with Crippen molar-refractivity contribution in [3.63, 3.8) is 0 Å². The second-order valence-corrected chi connectivity index (χ2v) is 9.84. The minimum atomic E-state index is -0.141. The second kappa shape index (κ2) is 11.9. The number of aryl methyl sites for hydroxylation is 1. The summed E-state index contributed by atoms with van der Waals surface area (Å²) in [5.74, 6) is 0.252. The summed E-state index contributed by atoms with van der Waals surface area (Å²) in [4.78, 5) is 31.8. The molecular formula is C28H34ClN3O3S. The smallest absolute Gasteiger partial charge is 0.267 e. The van der Waals surface area contributed by atoms with Crippen LogP contribution in [-0.4, -0.2) is 60.6 Å². The number of likely N-dealkylation sites (N-methyl/N-ethyl adjacent to an activating group) is 2. The number of halogens is 1. The van der Waals surface area contributed by atoms with Crippen molar-refractivity contribution in [3.05, 3.63) is 74.9 Å². The van der Waals surface area contributed by atoms with Gasteiger partial charge in [0.25, 0.3) is 11.5 Å². The zero-order valence-electron chi connectivity index (χ0n) is 21.5. The number of nitrogens with zero attached hydrogens (tertiary/aromatic N) is 3. The van der Waals surface area contributed by atoms with Gasteiger partial charge < -0.3 is 19.1 Å². The number of pyridine rings is 1. The normalized spacial score (nSPS) is 11.2. The lowest BCUT2D eigenvalue weighted by atomic mass is 10.1. The van der Waals surface area contributed by atoms with Crippen molar-refractivity contribution in [2.24, 2.45) is 0 Å². The Labute approximate surface area is 222 Å². The average Bonchev–Trinajstić information content (AvgIpc) is 3.27. The van der Waals surface area contributed by atoms with Crippen molar-refractivity contribution in [1.82, 2.24) is 14.4 Å². The van der Waals surface area contributed by atoms with Gasteiger partial charge in [0.2, 0.25) is 0 Å². The molecule has 0 saturated heterocycles. The predicted octanol–water partition coefficient (Wildman–Crippen LogP) is 5.42. The summed E-state index contributed by atoms with van der Waals surface area (Å²) in [6.07, 6.45) is 0. The predicted molar refractivity (Wildman–Crippen MR) is 152 cm³/mol. The number of aromatic nitrogens is 1. The summed E-state index contributed by atoms with van der Waals surface area (Å²) >= 11 is 1.35. The van der Waals surface area contributed by atoms with Gasteiger partial charge in [0.15, 0.2) is 5.75 Å². The first-order valence-corrected chi connectivity index (χ1v) is 12.9. The minimum Gasteiger partial charge on any atom is -0.494 e. The van der Waals surface area contributed by atoms with Gasteiger partial charge in [-0.2, -0.15) is 0 Å². The Morgan fingerprint density at radius 1 is 1.03 bits per heavy atom. The highest BCUT2D eigenvalue weighted by Gasteiger charge is 2.26. The van der Waals surface area contributed by atoms with Crippen LogP contribution >= 0.6 is 23.7 Å². The number of hydrogen-bond acceptors (Lipinski definition) is 5. The molecule has 0 unspecified atom stereocenters. The molecule has 0 aliphatic heterocycles. The number of thiophene rings is 1. The Morgan fingerprint density at radius 2 is 1.69 bits per heavy atom. The van der Waals surface area contributed by atoms with Gasteiger partial charge >= 0.3 is 0 Å². The van der Waals surface area contributed by atoms with E-state index in [1.165, 1.54) is 24.0 Å². The summed E-state index contributed by atoms with van der Waals surface area (Å²) in [6, 6.07) is 16.1. The van der Waals surface area contributed by atoms with E-state index in [1.807, 2.05) is 50.4 Å². The van der Waals surface area contributed by atoms with E-state index in [0.717, 1.165) is 40.8 Å². The number of carbonyl (C=O) groups excluding carboxylic acids is 1. The number of ether oxygens (including phenoxy) is 1. The highest BCUT2D eigenvalue weighted by Crippen LogP contribution is 2.40. The van der Waals surface area contributed by atoms with Crippen LogP contribution in [0, 0.1) is 6.92 Å². The summed E-state index contributed by atoms with van der Waals surface area (Å²) in [5, 5.41) is 1.42. The Bertz CT molecular complexity index is 1410. The molecule has 0 fully saturated rings.